The SMILES string of the molecule is O=C(c1ccccc1)c1cccc(NC(=O)c2sccc2S(=O)(=O)N2CCOCC2)c1. The molecule has 0 spiro atoms. The van der Waals surface area contributed by atoms with Gasteiger partial charge in [0.05, 0.1) is 13.2 Å². The summed E-state index contributed by atoms with van der Waals surface area (Å²) in [5, 5.41) is 4.30. The standard InChI is InChI=1S/C22H20N2O5S2/c25-20(16-5-2-1-3-6-16)17-7-4-8-18(15-17)23-22(26)21-19(9-14-30-21)31(27,28)24-10-12-29-13-11-24/h1-9,14-15H,10-13H2,(H,23,26). The number of thiophene rings is 1. The molecule has 0 atom stereocenters. The number of rotatable bonds is 6. The number of nitrogens with zero attached hydrogens (tertiary/aromatic N) is 1. The van der Waals surface area contributed by atoms with Crippen molar-refractivity contribution >= 4 is 38.7 Å². The Bertz CT molecular complexity index is 1200. The molecule has 1 fully saturated rings. The van der Waals surface area contributed by atoms with Crippen molar-refractivity contribution in [2.24, 2.45) is 0 Å². The van der Waals surface area contributed by atoms with Crippen molar-refractivity contribution < 1.29 is 22.7 Å². The number of nitrogens with one attached hydrogen (secondary N) is 1. The summed E-state index contributed by atoms with van der Waals surface area (Å²) in [6.07, 6.45) is 0. The molecule has 0 radical (unpaired) electrons. The Kier molecular flexibility index (Phi) is 6.28. The fraction of sp³-hybridized carbons (Fsp3) is 0.182. The number of carbonyl (C=O) groups is 2. The zero-order chi connectivity index (χ0) is 21.8. The van der Waals surface area contributed by atoms with Gasteiger partial charge in [-0.2, -0.15) is 4.31 Å². The number of sulfonamides is 1. The van der Waals surface area contributed by atoms with Gasteiger partial charge in [0, 0.05) is 29.9 Å². The maximum Gasteiger partial charge on any atom is 0.267 e. The number of hydrogen-bond acceptors (Lipinski definition) is 6. The topological polar surface area (TPSA) is 92.8 Å². The van der Waals surface area contributed by atoms with E-state index in [9.17, 15) is 18.0 Å². The molecule has 2 aromatic carbocycles. The van der Waals surface area contributed by atoms with Crippen molar-refractivity contribution in [1.82, 2.24) is 4.31 Å². The van der Waals surface area contributed by atoms with E-state index in [0.717, 1.165) is 11.3 Å². The third-order valence-corrected chi connectivity index (χ3v) is 7.83. The maximum atomic E-state index is 13.0. The molecule has 1 aliphatic heterocycles. The number of carbonyl (C=O) groups excluding carboxylic acids is 2. The van der Waals surface area contributed by atoms with E-state index < -0.39 is 15.9 Å². The summed E-state index contributed by atoms with van der Waals surface area (Å²) in [6, 6.07) is 16.9. The number of morpholine rings is 1. The second-order valence-corrected chi connectivity index (χ2v) is 9.68. The third kappa shape index (κ3) is 4.59. The van der Waals surface area contributed by atoms with E-state index in [1.54, 1.807) is 53.9 Å². The first kappa shape index (κ1) is 21.4. The Balaban J connectivity index is 1.55. The average molecular weight is 457 g/mol. The van der Waals surface area contributed by atoms with Crippen LogP contribution in [0.1, 0.15) is 25.6 Å². The highest BCUT2D eigenvalue weighted by atomic mass is 32.2. The summed E-state index contributed by atoms with van der Waals surface area (Å²) in [5.74, 6) is -0.699. The van der Waals surface area contributed by atoms with E-state index in [1.165, 1.54) is 10.4 Å². The summed E-state index contributed by atoms with van der Waals surface area (Å²) in [5.41, 5.74) is 1.38. The van der Waals surface area contributed by atoms with Crippen LogP contribution in [0.3, 0.4) is 0 Å². The Labute approximate surface area is 184 Å². The Morgan fingerprint density at radius 1 is 0.935 bits per heavy atom. The van der Waals surface area contributed by atoms with Crippen LogP contribution in [0.4, 0.5) is 5.69 Å². The minimum absolute atomic E-state index is 0.0200. The first-order chi connectivity index (χ1) is 15.0. The van der Waals surface area contributed by atoms with E-state index in [0.29, 0.717) is 30.0 Å². The second kappa shape index (κ2) is 9.11. The molecule has 1 aliphatic rings. The van der Waals surface area contributed by atoms with Gasteiger partial charge in [0.1, 0.15) is 9.77 Å². The third-order valence-electron chi connectivity index (χ3n) is 4.84. The monoisotopic (exact) mass is 456 g/mol. The molecular weight excluding hydrogens is 436 g/mol. The molecule has 160 valence electrons. The van der Waals surface area contributed by atoms with Gasteiger partial charge < -0.3 is 10.1 Å². The molecular formula is C22H20N2O5S2. The molecule has 31 heavy (non-hydrogen) atoms. The van der Waals surface area contributed by atoms with Gasteiger partial charge in [-0.3, -0.25) is 9.59 Å². The summed E-state index contributed by atoms with van der Waals surface area (Å²) < 4.78 is 32.5. The predicted octanol–water partition coefficient (Wildman–Crippen LogP) is 3.25. The van der Waals surface area contributed by atoms with Crippen molar-refractivity contribution in [2.45, 2.75) is 4.90 Å². The first-order valence-corrected chi connectivity index (χ1v) is 12.0. The summed E-state index contributed by atoms with van der Waals surface area (Å²) in [6.45, 7) is 1.16. The van der Waals surface area contributed by atoms with Gasteiger partial charge in [-0.05, 0) is 23.6 Å². The summed E-state index contributed by atoms with van der Waals surface area (Å²) in [7, 11) is -3.80. The molecule has 1 amide bonds. The number of anilines is 1. The van der Waals surface area contributed by atoms with E-state index in [-0.39, 0.29) is 28.6 Å². The average Bonchev–Trinajstić information content (AvgIpc) is 3.31. The van der Waals surface area contributed by atoms with Gasteiger partial charge in [-0.25, -0.2) is 8.42 Å². The first-order valence-electron chi connectivity index (χ1n) is 9.63. The molecule has 3 aromatic rings. The molecule has 9 heteroatoms. The largest absolute Gasteiger partial charge is 0.379 e. The molecule has 1 N–H and O–H groups in total. The van der Waals surface area contributed by atoms with Gasteiger partial charge in [0.2, 0.25) is 10.0 Å². The fourth-order valence-corrected chi connectivity index (χ4v) is 5.98. The number of amides is 1. The Morgan fingerprint density at radius 3 is 2.39 bits per heavy atom. The van der Waals surface area contributed by atoms with Crippen molar-refractivity contribution in [2.75, 3.05) is 31.6 Å². The summed E-state index contributed by atoms with van der Waals surface area (Å²) in [4.78, 5) is 25.6. The quantitative estimate of drug-likeness (QED) is 0.575. The molecule has 0 bridgehead atoms. The zero-order valence-electron chi connectivity index (χ0n) is 16.5. The van der Waals surface area contributed by atoms with Crippen molar-refractivity contribution in [1.29, 1.82) is 0 Å². The molecule has 4 rings (SSSR count). The van der Waals surface area contributed by atoms with E-state index in [4.69, 9.17) is 4.74 Å². The molecule has 7 nitrogen and oxygen atoms in total. The van der Waals surface area contributed by atoms with Crippen LogP contribution in [0.15, 0.2) is 70.9 Å². The normalized spacial score (nSPS) is 14.8. The van der Waals surface area contributed by atoms with Crippen molar-refractivity contribution in [3.63, 3.8) is 0 Å². The van der Waals surface area contributed by atoms with Crippen LogP contribution in [0.5, 0.6) is 0 Å². The van der Waals surface area contributed by atoms with Crippen LogP contribution in [-0.2, 0) is 14.8 Å². The van der Waals surface area contributed by atoms with Gasteiger partial charge in [0.25, 0.3) is 5.91 Å². The smallest absolute Gasteiger partial charge is 0.267 e. The summed E-state index contributed by atoms with van der Waals surface area (Å²) >= 11 is 1.06. The van der Waals surface area contributed by atoms with Crippen LogP contribution < -0.4 is 5.32 Å². The highest BCUT2D eigenvalue weighted by Crippen LogP contribution is 2.27. The number of ether oxygens (including phenoxy) is 1. The lowest BCUT2D eigenvalue weighted by Crippen LogP contribution is -2.41. The van der Waals surface area contributed by atoms with Gasteiger partial charge in [0.15, 0.2) is 5.78 Å². The molecule has 0 aliphatic carbocycles. The molecule has 2 heterocycles. The number of ketones is 1. The Hall–Kier alpha value is -2.85. The second-order valence-electron chi connectivity index (χ2n) is 6.86. The Morgan fingerprint density at radius 2 is 1.65 bits per heavy atom. The van der Waals surface area contributed by atoms with Crippen LogP contribution in [0.25, 0.3) is 0 Å². The molecule has 0 saturated carbocycles. The minimum atomic E-state index is -3.80. The minimum Gasteiger partial charge on any atom is -0.379 e. The van der Waals surface area contributed by atoms with Crippen LogP contribution in [0.2, 0.25) is 0 Å². The van der Waals surface area contributed by atoms with Crippen LogP contribution in [-0.4, -0.2) is 50.7 Å². The van der Waals surface area contributed by atoms with E-state index >= 15 is 0 Å². The van der Waals surface area contributed by atoms with Gasteiger partial charge in [-0.15, -0.1) is 11.3 Å². The van der Waals surface area contributed by atoms with Crippen molar-refractivity contribution in [3.8, 4) is 0 Å². The van der Waals surface area contributed by atoms with Crippen LogP contribution in [0, 0.1) is 0 Å². The molecule has 0 unspecified atom stereocenters. The number of hydrogen-bond donors (Lipinski definition) is 1. The molecule has 1 saturated heterocycles. The van der Waals surface area contributed by atoms with Crippen molar-refractivity contribution in [3.05, 3.63) is 82.0 Å². The van der Waals surface area contributed by atoms with E-state index in [2.05, 4.69) is 5.32 Å². The lowest BCUT2D eigenvalue weighted by molar-refractivity contribution is 0.0730. The van der Waals surface area contributed by atoms with Gasteiger partial charge in [-0.1, -0.05) is 42.5 Å². The lowest BCUT2D eigenvalue weighted by atomic mass is 10.0. The highest BCUT2D eigenvalue weighted by Gasteiger charge is 2.31. The zero-order valence-corrected chi connectivity index (χ0v) is 18.1. The van der Waals surface area contributed by atoms with Gasteiger partial charge >= 0.3 is 0 Å². The predicted molar refractivity (Wildman–Crippen MR) is 118 cm³/mol. The lowest BCUT2D eigenvalue weighted by Gasteiger charge is -2.26. The number of benzene rings is 2. The van der Waals surface area contributed by atoms with Crippen LogP contribution >= 0.6 is 11.3 Å². The highest BCUT2D eigenvalue weighted by molar-refractivity contribution is 7.89. The maximum absolute atomic E-state index is 13.0. The van der Waals surface area contributed by atoms with E-state index in [1.807, 2.05) is 6.07 Å². The molecule has 1 aromatic heterocycles. The fourth-order valence-electron chi connectivity index (χ4n) is 3.27.